The molecule has 10 heteroatoms. The number of anilines is 1. The maximum absolute atomic E-state index is 12.2. The van der Waals surface area contributed by atoms with Gasteiger partial charge in [-0.05, 0) is 31.0 Å². The van der Waals surface area contributed by atoms with E-state index in [2.05, 4.69) is 19.9 Å². The number of amides is 1. The number of unbranched alkanes of at least 4 members (excludes halogenated alkanes) is 2. The predicted molar refractivity (Wildman–Crippen MR) is 128 cm³/mol. The van der Waals surface area contributed by atoms with Crippen molar-refractivity contribution in [3.05, 3.63) is 69.5 Å². The highest BCUT2D eigenvalue weighted by Gasteiger charge is 2.15. The number of fused-ring (bicyclic) bond motifs is 3. The minimum atomic E-state index is -0.482. The Kier molecular flexibility index (Phi) is 6.69. The fourth-order valence-corrected chi connectivity index (χ4v) is 4.07. The van der Waals surface area contributed by atoms with Crippen LogP contribution in [0.1, 0.15) is 31.2 Å². The third-order valence-corrected chi connectivity index (χ3v) is 5.73. The number of nitrogen functional groups attached to an aromatic ring is 1. The van der Waals surface area contributed by atoms with Crippen molar-refractivity contribution < 1.29 is 9.72 Å². The van der Waals surface area contributed by atoms with Gasteiger partial charge >= 0.3 is 0 Å². The van der Waals surface area contributed by atoms with Gasteiger partial charge in [-0.3, -0.25) is 14.9 Å². The number of imidazole rings is 1. The lowest BCUT2D eigenvalue weighted by atomic mass is 10.1. The minimum Gasteiger partial charge on any atom is -0.382 e. The molecule has 0 aliphatic rings. The molecular formula is C23H23ClN6O3. The van der Waals surface area contributed by atoms with Crippen molar-refractivity contribution in [3.8, 4) is 0 Å². The molecule has 0 spiro atoms. The first-order chi connectivity index (χ1) is 15.9. The number of aryl methyl sites for hydroxylation is 1. The molecule has 0 fully saturated rings. The molecule has 1 amide bonds. The van der Waals surface area contributed by atoms with Crippen molar-refractivity contribution in [1.29, 1.82) is 0 Å². The van der Waals surface area contributed by atoms with Crippen LogP contribution < -0.4 is 11.1 Å². The molecule has 2 aromatic heterocycles. The van der Waals surface area contributed by atoms with Crippen LogP contribution in [-0.2, 0) is 17.9 Å². The van der Waals surface area contributed by atoms with Gasteiger partial charge in [0.2, 0.25) is 5.91 Å². The molecule has 0 saturated heterocycles. The molecule has 0 atom stereocenters. The zero-order valence-corrected chi connectivity index (χ0v) is 18.6. The van der Waals surface area contributed by atoms with E-state index < -0.39 is 4.92 Å². The van der Waals surface area contributed by atoms with Crippen molar-refractivity contribution in [2.45, 2.75) is 38.8 Å². The third-order valence-electron chi connectivity index (χ3n) is 5.50. The number of hydrogen-bond donors (Lipinski definition) is 2. The van der Waals surface area contributed by atoms with Crippen molar-refractivity contribution in [2.24, 2.45) is 0 Å². The number of rotatable bonds is 9. The van der Waals surface area contributed by atoms with Crippen LogP contribution in [0.4, 0.5) is 11.5 Å². The quantitative estimate of drug-likeness (QED) is 0.210. The number of carbonyl (C=O) groups is 1. The summed E-state index contributed by atoms with van der Waals surface area (Å²) in [5, 5.41) is 15.3. The van der Waals surface area contributed by atoms with E-state index in [9.17, 15) is 14.9 Å². The second kappa shape index (κ2) is 9.83. The molecule has 4 rings (SSSR count). The van der Waals surface area contributed by atoms with Gasteiger partial charge in [0.25, 0.3) is 5.69 Å². The van der Waals surface area contributed by atoms with Gasteiger partial charge in [-0.15, -0.1) is 0 Å². The summed E-state index contributed by atoms with van der Waals surface area (Å²) < 4.78 is 2.08. The van der Waals surface area contributed by atoms with Crippen LogP contribution in [0.5, 0.6) is 0 Å². The molecule has 0 aliphatic heterocycles. The summed E-state index contributed by atoms with van der Waals surface area (Å²) in [4.78, 5) is 31.7. The van der Waals surface area contributed by atoms with Gasteiger partial charge in [-0.25, -0.2) is 9.97 Å². The van der Waals surface area contributed by atoms with E-state index in [4.69, 9.17) is 17.3 Å². The number of benzene rings is 2. The SMILES string of the molecule is Nc1nc2ccccc2c2c1ncn2CCCCCC(=O)NCc1cc(Cl)ccc1[N+](=O)[O-]. The molecule has 170 valence electrons. The fraction of sp³-hybridized carbons (Fsp3) is 0.261. The maximum atomic E-state index is 12.2. The number of hydrogen-bond acceptors (Lipinski definition) is 6. The van der Waals surface area contributed by atoms with E-state index >= 15 is 0 Å². The number of pyridine rings is 1. The van der Waals surface area contributed by atoms with Crippen LogP contribution in [0.2, 0.25) is 5.02 Å². The van der Waals surface area contributed by atoms with Gasteiger partial charge < -0.3 is 15.6 Å². The minimum absolute atomic E-state index is 0.0596. The molecule has 9 nitrogen and oxygen atoms in total. The van der Waals surface area contributed by atoms with E-state index in [0.29, 0.717) is 34.8 Å². The normalized spacial score (nSPS) is 11.2. The zero-order valence-electron chi connectivity index (χ0n) is 17.8. The highest BCUT2D eigenvalue weighted by atomic mass is 35.5. The Labute approximate surface area is 194 Å². The lowest BCUT2D eigenvalue weighted by molar-refractivity contribution is -0.385. The van der Waals surface area contributed by atoms with E-state index in [1.807, 2.05) is 24.3 Å². The van der Waals surface area contributed by atoms with E-state index in [0.717, 1.165) is 35.8 Å². The monoisotopic (exact) mass is 466 g/mol. The number of nitrogens with two attached hydrogens (primary N) is 1. The van der Waals surface area contributed by atoms with Gasteiger partial charge in [-0.1, -0.05) is 36.2 Å². The summed E-state index contributed by atoms with van der Waals surface area (Å²) in [5.41, 5.74) is 8.90. The molecule has 4 aromatic rings. The van der Waals surface area contributed by atoms with Crippen molar-refractivity contribution in [2.75, 3.05) is 5.73 Å². The largest absolute Gasteiger partial charge is 0.382 e. The first-order valence-corrected chi connectivity index (χ1v) is 11.0. The Morgan fingerprint density at radius 2 is 2.00 bits per heavy atom. The van der Waals surface area contributed by atoms with Gasteiger partial charge in [0.1, 0.15) is 5.52 Å². The van der Waals surface area contributed by atoms with Crippen molar-refractivity contribution in [1.82, 2.24) is 19.9 Å². The molecule has 0 saturated carbocycles. The van der Waals surface area contributed by atoms with Crippen molar-refractivity contribution in [3.63, 3.8) is 0 Å². The van der Waals surface area contributed by atoms with Crippen LogP contribution in [-0.4, -0.2) is 25.4 Å². The molecule has 0 radical (unpaired) electrons. The van der Waals surface area contributed by atoms with Gasteiger partial charge in [-0.2, -0.15) is 0 Å². The zero-order chi connectivity index (χ0) is 23.4. The molecule has 2 heterocycles. The smallest absolute Gasteiger partial charge is 0.274 e. The first kappa shape index (κ1) is 22.5. The van der Waals surface area contributed by atoms with E-state index in [1.165, 1.54) is 18.2 Å². The summed E-state index contributed by atoms with van der Waals surface area (Å²) in [7, 11) is 0. The average molecular weight is 467 g/mol. The van der Waals surface area contributed by atoms with E-state index in [1.54, 1.807) is 6.33 Å². The third kappa shape index (κ3) is 5.04. The Morgan fingerprint density at radius 3 is 2.82 bits per heavy atom. The summed E-state index contributed by atoms with van der Waals surface area (Å²) >= 11 is 5.92. The Bertz CT molecular complexity index is 1340. The summed E-state index contributed by atoms with van der Waals surface area (Å²) in [6, 6.07) is 12.1. The van der Waals surface area contributed by atoms with Crippen LogP contribution in [0.3, 0.4) is 0 Å². The number of nitrogens with zero attached hydrogens (tertiary/aromatic N) is 4. The number of nitro groups is 1. The molecule has 3 N–H and O–H groups in total. The summed E-state index contributed by atoms with van der Waals surface area (Å²) in [5.74, 6) is 0.265. The highest BCUT2D eigenvalue weighted by molar-refractivity contribution is 6.30. The Morgan fingerprint density at radius 1 is 1.18 bits per heavy atom. The van der Waals surface area contributed by atoms with Gasteiger partial charge in [0.15, 0.2) is 5.82 Å². The molecule has 2 aromatic carbocycles. The van der Waals surface area contributed by atoms with Crippen LogP contribution in [0.25, 0.3) is 21.9 Å². The van der Waals surface area contributed by atoms with Gasteiger partial charge in [0.05, 0.1) is 27.8 Å². The summed E-state index contributed by atoms with van der Waals surface area (Å²) in [6.07, 6.45) is 4.55. The predicted octanol–water partition coefficient (Wildman–Crippen LogP) is 4.61. The van der Waals surface area contributed by atoms with Gasteiger partial charge in [0, 0.05) is 36.0 Å². The number of halogens is 1. The number of carbonyl (C=O) groups excluding carboxylic acids is 1. The van der Waals surface area contributed by atoms with E-state index in [-0.39, 0.29) is 18.1 Å². The highest BCUT2D eigenvalue weighted by Crippen LogP contribution is 2.27. The topological polar surface area (TPSA) is 129 Å². The number of nitro benzene ring substituents is 1. The number of nitrogens with one attached hydrogen (secondary N) is 1. The lowest BCUT2D eigenvalue weighted by Crippen LogP contribution is -2.22. The second-order valence-electron chi connectivity index (χ2n) is 7.77. The molecule has 33 heavy (non-hydrogen) atoms. The van der Waals surface area contributed by atoms with Crippen molar-refractivity contribution >= 4 is 50.9 Å². The Balaban J connectivity index is 1.28. The molecular weight excluding hydrogens is 444 g/mol. The lowest BCUT2D eigenvalue weighted by Gasteiger charge is -2.08. The Hall–Kier alpha value is -3.72. The molecule has 0 bridgehead atoms. The first-order valence-electron chi connectivity index (χ1n) is 10.6. The van der Waals surface area contributed by atoms with Crippen LogP contribution >= 0.6 is 11.6 Å². The number of aromatic nitrogens is 3. The summed E-state index contributed by atoms with van der Waals surface area (Å²) in [6.45, 7) is 0.819. The van der Waals surface area contributed by atoms with Crippen LogP contribution in [0.15, 0.2) is 48.8 Å². The molecule has 0 aliphatic carbocycles. The average Bonchev–Trinajstić information content (AvgIpc) is 3.22. The fourth-order valence-electron chi connectivity index (χ4n) is 3.88. The maximum Gasteiger partial charge on any atom is 0.274 e. The molecule has 0 unspecified atom stereocenters. The van der Waals surface area contributed by atoms with Crippen LogP contribution in [0, 0.1) is 10.1 Å². The second-order valence-corrected chi connectivity index (χ2v) is 8.20. The standard InChI is InChI=1S/C23H23ClN6O3/c24-16-9-10-19(30(32)33)15(12-16)13-26-20(31)8-2-1-5-11-29-14-27-21-22(29)17-6-3-4-7-18(17)28-23(21)25/h3-4,6-7,9-10,12,14H,1-2,5,8,11,13H2,(H2,25,28)(H,26,31). The number of para-hydroxylation sites is 1.